The van der Waals surface area contributed by atoms with Gasteiger partial charge < -0.3 is 25.3 Å². The second-order valence-corrected chi connectivity index (χ2v) is 9.73. The average Bonchev–Trinajstić information content (AvgIpc) is 3.35. The fraction of sp³-hybridized carbons (Fsp3) is 0.542. The van der Waals surface area contributed by atoms with Crippen LogP contribution < -0.4 is 5.73 Å². The summed E-state index contributed by atoms with van der Waals surface area (Å²) >= 11 is 0. The van der Waals surface area contributed by atoms with E-state index >= 15 is 0 Å². The van der Waals surface area contributed by atoms with Gasteiger partial charge in [-0.25, -0.2) is 23.7 Å². The van der Waals surface area contributed by atoms with Crippen molar-refractivity contribution < 1.29 is 23.7 Å². The first-order valence-electron chi connectivity index (χ1n) is 11.5. The van der Waals surface area contributed by atoms with Crippen molar-refractivity contribution in [1.29, 1.82) is 0 Å². The van der Waals surface area contributed by atoms with Crippen molar-refractivity contribution in [2.75, 3.05) is 5.73 Å². The zero-order valence-corrected chi connectivity index (χ0v) is 19.8. The highest BCUT2D eigenvalue weighted by Gasteiger charge is 2.35. The van der Waals surface area contributed by atoms with Crippen LogP contribution in [-0.4, -0.2) is 48.0 Å². The maximum absolute atomic E-state index is 14.7. The molecule has 2 bridgehead atoms. The van der Waals surface area contributed by atoms with E-state index in [-0.39, 0.29) is 41.0 Å². The highest BCUT2D eigenvalue weighted by Crippen LogP contribution is 2.34. The van der Waals surface area contributed by atoms with Crippen LogP contribution in [0, 0.1) is 11.6 Å². The van der Waals surface area contributed by atoms with Crippen molar-refractivity contribution in [2.45, 2.75) is 83.3 Å². The molecule has 4 N–H and O–H groups in total. The first-order chi connectivity index (χ1) is 16.0. The van der Waals surface area contributed by atoms with Crippen LogP contribution in [0.4, 0.5) is 14.7 Å². The van der Waals surface area contributed by atoms with Gasteiger partial charge in [-0.2, -0.15) is 0 Å². The van der Waals surface area contributed by atoms with Crippen molar-refractivity contribution in [1.82, 2.24) is 19.5 Å². The molecule has 0 amide bonds. The lowest BCUT2D eigenvalue weighted by Gasteiger charge is -2.24. The van der Waals surface area contributed by atoms with E-state index in [0.29, 0.717) is 17.4 Å². The van der Waals surface area contributed by atoms with Gasteiger partial charge in [-0.3, -0.25) is 0 Å². The third kappa shape index (κ3) is 4.75. The van der Waals surface area contributed by atoms with Gasteiger partial charge >= 0.3 is 0 Å². The van der Waals surface area contributed by atoms with E-state index in [4.69, 9.17) is 10.5 Å². The molecule has 2 saturated heterocycles. The summed E-state index contributed by atoms with van der Waals surface area (Å²) in [5.74, 6) is -1.11. The van der Waals surface area contributed by atoms with E-state index in [1.807, 2.05) is 13.8 Å². The molecule has 2 fully saturated rings. The lowest BCUT2D eigenvalue weighted by atomic mass is 10.1. The number of fused-ring (bicyclic) bond motifs is 3. The minimum absolute atomic E-state index is 0.0883. The monoisotopic (exact) mass is 475 g/mol. The summed E-state index contributed by atoms with van der Waals surface area (Å²) in [6.07, 6.45) is 5.72. The molecule has 10 heteroatoms. The Bertz CT molecular complexity index is 1190. The molecule has 0 radical (unpaired) electrons. The van der Waals surface area contributed by atoms with Crippen LogP contribution in [0.2, 0.25) is 0 Å². The number of halogens is 2. The molecule has 0 saturated carbocycles. The molecule has 8 nitrogen and oxygen atoms in total. The number of hydrogen-bond donors (Lipinski definition) is 3. The van der Waals surface area contributed by atoms with Crippen LogP contribution in [0.5, 0.6) is 0 Å². The van der Waals surface area contributed by atoms with E-state index in [0.717, 1.165) is 31.5 Å². The number of anilines is 1. The number of nitrogens with two attached hydrogens (primary N) is 1. The van der Waals surface area contributed by atoms with Gasteiger partial charge in [0.1, 0.15) is 22.6 Å². The second kappa shape index (κ2) is 9.16. The molecule has 3 atom stereocenters. The number of aromatic nitrogens is 4. The predicted octanol–water partition coefficient (Wildman–Crippen LogP) is 3.85. The normalized spacial score (nSPS) is 22.2. The molecule has 3 aromatic rings. The highest BCUT2D eigenvalue weighted by molar-refractivity contribution is 5.83. The summed E-state index contributed by atoms with van der Waals surface area (Å²) in [5, 5.41) is 19.6. The summed E-state index contributed by atoms with van der Waals surface area (Å²) < 4.78 is 35.9. The topological polar surface area (TPSA) is 119 Å². The van der Waals surface area contributed by atoms with Gasteiger partial charge in [-0.05, 0) is 65.5 Å². The van der Waals surface area contributed by atoms with Crippen LogP contribution in [0.25, 0.3) is 22.3 Å². The summed E-state index contributed by atoms with van der Waals surface area (Å²) in [4.78, 5) is 11.7. The first-order valence-corrected chi connectivity index (χ1v) is 11.5. The Morgan fingerprint density at radius 1 is 1.12 bits per heavy atom. The fourth-order valence-corrected chi connectivity index (χ4v) is 4.60. The van der Waals surface area contributed by atoms with Crippen molar-refractivity contribution in [3.8, 4) is 11.3 Å². The van der Waals surface area contributed by atoms with Crippen LogP contribution in [0.1, 0.15) is 65.2 Å². The van der Waals surface area contributed by atoms with Gasteiger partial charge in [0.05, 0.1) is 30.0 Å². The number of ether oxygens (including phenoxy) is 1. The van der Waals surface area contributed by atoms with E-state index in [9.17, 15) is 19.0 Å². The van der Waals surface area contributed by atoms with Crippen LogP contribution in [0.15, 0.2) is 18.3 Å². The van der Waals surface area contributed by atoms with Crippen molar-refractivity contribution >= 4 is 17.0 Å². The molecule has 4 heterocycles. The summed E-state index contributed by atoms with van der Waals surface area (Å²) in [6.45, 7) is 6.95. The SMILES string of the molecule is CC(C)n1c(C(C)(C)O)nc2c(F)cc(-c3nc(N)ncc3F)cc21.OC1CC[C@H]2CC[C@@H]1O2. The molecular weight excluding hydrogens is 444 g/mol. The standard InChI is InChI=1S/C17H19F2N5O.C7H12O2/c1-8(2)24-12-6-9(13-11(19)7-21-16(20)23-13)5-10(18)14(12)22-15(24)17(3,4)25;8-6-3-1-5-2-4-7(6)9-5/h5-8,25H,1-4H3,(H2,20,21,23);5-8H,1-4H2/t;5-,6?,7-/m.0/s1. The number of aliphatic hydroxyl groups excluding tert-OH is 1. The van der Waals surface area contributed by atoms with Gasteiger partial charge in [-0.15, -0.1) is 0 Å². The van der Waals surface area contributed by atoms with Crippen LogP contribution >= 0.6 is 0 Å². The Balaban J connectivity index is 0.000000252. The lowest BCUT2D eigenvalue weighted by molar-refractivity contribution is -0.0746. The van der Waals surface area contributed by atoms with Crippen LogP contribution in [-0.2, 0) is 10.3 Å². The predicted molar refractivity (Wildman–Crippen MR) is 124 cm³/mol. The van der Waals surface area contributed by atoms with E-state index < -0.39 is 17.2 Å². The molecule has 184 valence electrons. The molecule has 1 aromatic carbocycles. The minimum atomic E-state index is -1.26. The van der Waals surface area contributed by atoms with Gasteiger partial charge in [0.25, 0.3) is 0 Å². The Morgan fingerprint density at radius 3 is 2.47 bits per heavy atom. The van der Waals surface area contributed by atoms with Gasteiger partial charge in [-0.1, -0.05) is 0 Å². The molecule has 1 unspecified atom stereocenters. The maximum atomic E-state index is 14.7. The third-order valence-corrected chi connectivity index (χ3v) is 6.20. The van der Waals surface area contributed by atoms with Gasteiger partial charge in [0.15, 0.2) is 11.6 Å². The molecule has 5 rings (SSSR count). The minimum Gasteiger partial charge on any atom is -0.390 e. The molecule has 34 heavy (non-hydrogen) atoms. The van der Waals surface area contributed by atoms with E-state index in [1.54, 1.807) is 24.5 Å². The summed E-state index contributed by atoms with van der Waals surface area (Å²) in [7, 11) is 0. The number of rotatable bonds is 3. The number of aliphatic hydroxyl groups is 2. The Labute approximate surface area is 196 Å². The smallest absolute Gasteiger partial charge is 0.220 e. The fourth-order valence-electron chi connectivity index (χ4n) is 4.60. The number of benzene rings is 1. The highest BCUT2D eigenvalue weighted by atomic mass is 19.1. The van der Waals surface area contributed by atoms with Crippen molar-refractivity contribution in [3.05, 3.63) is 35.8 Å². The quantitative estimate of drug-likeness (QED) is 0.526. The Morgan fingerprint density at radius 2 is 1.82 bits per heavy atom. The molecule has 0 spiro atoms. The number of hydrogen-bond acceptors (Lipinski definition) is 7. The Kier molecular flexibility index (Phi) is 6.58. The maximum Gasteiger partial charge on any atom is 0.220 e. The van der Waals surface area contributed by atoms with Gasteiger partial charge in [0, 0.05) is 11.6 Å². The molecular formula is C24H31F2N5O3. The first kappa shape index (κ1) is 24.4. The zero-order chi connectivity index (χ0) is 24.8. The molecule has 2 aliphatic heterocycles. The number of nitrogens with zero attached hydrogens (tertiary/aromatic N) is 4. The lowest BCUT2D eigenvalue weighted by Crippen LogP contribution is -2.31. The van der Waals surface area contributed by atoms with Crippen molar-refractivity contribution in [2.24, 2.45) is 0 Å². The largest absolute Gasteiger partial charge is 0.390 e. The average molecular weight is 476 g/mol. The molecule has 2 aromatic heterocycles. The van der Waals surface area contributed by atoms with E-state index in [1.165, 1.54) is 6.42 Å². The second-order valence-electron chi connectivity index (χ2n) is 9.73. The number of nitrogen functional groups attached to an aromatic ring is 1. The van der Waals surface area contributed by atoms with E-state index in [2.05, 4.69) is 15.0 Å². The summed E-state index contributed by atoms with van der Waals surface area (Å²) in [5.41, 5.74) is 4.94. The summed E-state index contributed by atoms with van der Waals surface area (Å²) in [6, 6.07) is 2.64. The van der Waals surface area contributed by atoms with Crippen molar-refractivity contribution in [3.63, 3.8) is 0 Å². The Hall–Kier alpha value is -2.69. The van der Waals surface area contributed by atoms with Gasteiger partial charge in [0.2, 0.25) is 5.95 Å². The zero-order valence-electron chi connectivity index (χ0n) is 19.8. The molecule has 2 aliphatic rings. The number of imidazole rings is 1. The third-order valence-electron chi connectivity index (χ3n) is 6.20. The van der Waals surface area contributed by atoms with Crippen LogP contribution in [0.3, 0.4) is 0 Å². The molecule has 0 aliphatic carbocycles.